The number of fused-ring (bicyclic) bond motifs is 5. The predicted molar refractivity (Wildman–Crippen MR) is 188 cm³/mol. The molecule has 0 aromatic heterocycles. The Hall–Kier alpha value is -5.30. The fraction of sp³-hybridized carbons (Fsp3) is 0.122. The van der Waals surface area contributed by atoms with E-state index in [1.54, 1.807) is 66.7 Å². The van der Waals surface area contributed by atoms with Crippen molar-refractivity contribution in [2.75, 3.05) is 12.0 Å². The number of hydrogen-bond acceptors (Lipinski definition) is 5. The van der Waals surface area contributed by atoms with E-state index in [2.05, 4.69) is 0 Å². The standard InChI is InChI=1S/C41H27Cl2NO5/c1-49-38(47)26-13-8-14-31(23-26)44-36(45)34-35(37(44)46)41(28-17-21-30(43)22-18-28)33(25-11-6-3-7-12-25)32(24-9-4-2-5-10-24)40(34,39(41)48)27-15-19-29(42)20-16-27/h2-23,34-35H,1H3/t34-,35+,40-,41-/m0/s1. The van der Waals surface area contributed by atoms with Gasteiger partial charge in [-0.15, -0.1) is 0 Å². The Kier molecular flexibility index (Phi) is 7.21. The summed E-state index contributed by atoms with van der Waals surface area (Å²) in [5.74, 6) is -4.19. The maximum Gasteiger partial charge on any atom is 0.337 e. The number of nitrogens with zero attached hydrogens (tertiary/aromatic N) is 1. The van der Waals surface area contributed by atoms with E-state index in [4.69, 9.17) is 27.9 Å². The van der Waals surface area contributed by atoms with E-state index in [0.29, 0.717) is 32.3 Å². The molecule has 5 aromatic rings. The molecule has 0 unspecified atom stereocenters. The van der Waals surface area contributed by atoms with Crippen molar-refractivity contribution in [1.29, 1.82) is 0 Å². The summed E-state index contributed by atoms with van der Waals surface area (Å²) in [6.45, 7) is 0. The van der Waals surface area contributed by atoms with Crippen LogP contribution in [0.1, 0.15) is 32.6 Å². The highest BCUT2D eigenvalue weighted by atomic mass is 35.5. The maximum atomic E-state index is 16.0. The molecule has 1 aliphatic heterocycles. The number of carbonyl (C=O) groups is 4. The second-order valence-electron chi connectivity index (χ2n) is 12.5. The van der Waals surface area contributed by atoms with Crippen molar-refractivity contribution in [3.63, 3.8) is 0 Å². The summed E-state index contributed by atoms with van der Waals surface area (Å²) in [5.41, 5.74) is 1.17. The molecule has 2 amide bonds. The number of carbonyl (C=O) groups excluding carboxylic acids is 4. The second kappa shape index (κ2) is 11.4. The number of anilines is 1. The number of esters is 1. The number of benzene rings is 5. The van der Waals surface area contributed by atoms with Crippen molar-refractivity contribution < 1.29 is 23.9 Å². The van der Waals surface area contributed by atoms with E-state index in [0.717, 1.165) is 16.0 Å². The average Bonchev–Trinajstić information content (AvgIpc) is 3.64. The summed E-state index contributed by atoms with van der Waals surface area (Å²) in [6, 6.07) is 39.3. The third kappa shape index (κ3) is 4.14. The summed E-state index contributed by atoms with van der Waals surface area (Å²) in [7, 11) is 1.27. The summed E-state index contributed by atoms with van der Waals surface area (Å²) in [6.07, 6.45) is 0. The zero-order valence-electron chi connectivity index (χ0n) is 26.1. The van der Waals surface area contributed by atoms with Crippen LogP contribution in [0.3, 0.4) is 0 Å². The molecule has 3 aliphatic rings. The van der Waals surface area contributed by atoms with Gasteiger partial charge in [-0.05, 0) is 75.9 Å². The number of allylic oxidation sites excluding steroid dienone is 2. The molecule has 49 heavy (non-hydrogen) atoms. The van der Waals surface area contributed by atoms with Gasteiger partial charge in [0.1, 0.15) is 0 Å². The molecular formula is C41H27Cl2NO5. The zero-order valence-corrected chi connectivity index (χ0v) is 27.6. The number of ether oxygens (including phenoxy) is 1. The number of Topliss-reactive ketones (excluding diaryl/α,β-unsaturated/α-hetero) is 1. The Morgan fingerprint density at radius 1 is 0.612 bits per heavy atom. The Bertz CT molecular complexity index is 2090. The zero-order chi connectivity index (χ0) is 34.1. The van der Waals surface area contributed by atoms with Crippen LogP contribution in [0, 0.1) is 11.8 Å². The largest absolute Gasteiger partial charge is 0.465 e. The van der Waals surface area contributed by atoms with Crippen LogP contribution < -0.4 is 4.90 Å². The SMILES string of the molecule is COC(=O)c1cccc(N2C(=O)[C@@H]3[C@H](C2=O)[C@@]2(c4ccc(Cl)cc4)C(=O)[C@@]3(c3ccc(Cl)cc3)C(c3ccccc3)=C2c2ccccc2)c1. The quantitative estimate of drug-likeness (QED) is 0.134. The summed E-state index contributed by atoms with van der Waals surface area (Å²) in [5, 5.41) is 0.931. The molecule has 0 spiro atoms. The van der Waals surface area contributed by atoms with Gasteiger partial charge in [-0.1, -0.05) is 114 Å². The van der Waals surface area contributed by atoms with E-state index in [9.17, 15) is 4.79 Å². The van der Waals surface area contributed by atoms with Gasteiger partial charge >= 0.3 is 5.97 Å². The van der Waals surface area contributed by atoms with E-state index >= 15 is 14.4 Å². The van der Waals surface area contributed by atoms with Crippen LogP contribution in [-0.2, 0) is 30.0 Å². The topological polar surface area (TPSA) is 80.8 Å². The highest BCUT2D eigenvalue weighted by molar-refractivity contribution is 6.39. The Morgan fingerprint density at radius 3 is 1.49 bits per heavy atom. The third-order valence-electron chi connectivity index (χ3n) is 10.2. The molecule has 5 aromatic carbocycles. The van der Waals surface area contributed by atoms with Crippen LogP contribution in [0.25, 0.3) is 11.1 Å². The number of methoxy groups -OCH3 is 1. The predicted octanol–water partition coefficient (Wildman–Crippen LogP) is 7.97. The molecule has 8 heteroatoms. The first-order valence-corrected chi connectivity index (χ1v) is 16.5. The van der Waals surface area contributed by atoms with Gasteiger partial charge in [0.05, 0.1) is 41.0 Å². The first-order chi connectivity index (χ1) is 23.8. The minimum Gasteiger partial charge on any atom is -0.465 e. The van der Waals surface area contributed by atoms with E-state index < -0.39 is 40.4 Å². The van der Waals surface area contributed by atoms with Crippen molar-refractivity contribution >= 4 is 63.6 Å². The highest BCUT2D eigenvalue weighted by Crippen LogP contribution is 2.74. The van der Waals surface area contributed by atoms with Gasteiger partial charge in [0.25, 0.3) is 0 Å². The van der Waals surface area contributed by atoms with E-state index in [1.165, 1.54) is 13.2 Å². The lowest BCUT2D eigenvalue weighted by atomic mass is 9.59. The average molecular weight is 685 g/mol. The van der Waals surface area contributed by atoms with Crippen LogP contribution in [0.15, 0.2) is 133 Å². The van der Waals surface area contributed by atoms with Crippen LogP contribution >= 0.6 is 23.2 Å². The summed E-state index contributed by atoms with van der Waals surface area (Å²) in [4.78, 5) is 60.0. The summed E-state index contributed by atoms with van der Waals surface area (Å²) < 4.78 is 4.93. The minimum absolute atomic E-state index is 0.185. The van der Waals surface area contributed by atoms with E-state index in [-0.39, 0.29) is 17.0 Å². The number of amides is 2. The number of halogens is 2. The van der Waals surface area contributed by atoms with Crippen molar-refractivity contribution in [2.45, 2.75) is 10.8 Å². The van der Waals surface area contributed by atoms with Gasteiger partial charge in [-0.2, -0.15) is 0 Å². The normalized spacial score (nSPS) is 24.1. The van der Waals surface area contributed by atoms with Gasteiger partial charge < -0.3 is 4.74 Å². The molecule has 2 aliphatic carbocycles. The number of rotatable bonds is 6. The summed E-state index contributed by atoms with van der Waals surface area (Å²) >= 11 is 12.8. The van der Waals surface area contributed by atoms with Crippen molar-refractivity contribution in [3.05, 3.63) is 171 Å². The van der Waals surface area contributed by atoms with Gasteiger partial charge in [-0.25, -0.2) is 9.69 Å². The number of ketones is 1. The number of hydrogen-bond donors (Lipinski definition) is 0. The fourth-order valence-electron chi connectivity index (χ4n) is 8.50. The lowest BCUT2D eigenvalue weighted by molar-refractivity contribution is -0.130. The van der Waals surface area contributed by atoms with Gasteiger partial charge in [0.2, 0.25) is 11.8 Å². The van der Waals surface area contributed by atoms with Crippen LogP contribution in [0.4, 0.5) is 5.69 Å². The van der Waals surface area contributed by atoms with Gasteiger partial charge in [0, 0.05) is 10.0 Å². The van der Waals surface area contributed by atoms with Crippen LogP contribution in [0.5, 0.6) is 0 Å². The molecule has 240 valence electrons. The monoisotopic (exact) mass is 683 g/mol. The number of imide groups is 1. The molecule has 0 N–H and O–H groups in total. The first-order valence-electron chi connectivity index (χ1n) is 15.8. The molecule has 1 saturated heterocycles. The highest BCUT2D eigenvalue weighted by Gasteiger charge is 2.82. The molecule has 2 fully saturated rings. The second-order valence-corrected chi connectivity index (χ2v) is 13.3. The van der Waals surface area contributed by atoms with Gasteiger partial charge in [0.15, 0.2) is 5.78 Å². The van der Waals surface area contributed by atoms with Crippen molar-refractivity contribution in [3.8, 4) is 0 Å². The van der Waals surface area contributed by atoms with Crippen molar-refractivity contribution in [1.82, 2.24) is 0 Å². The first kappa shape index (κ1) is 31.0. The molecule has 1 heterocycles. The Balaban J connectivity index is 1.52. The molecule has 2 bridgehead atoms. The lowest BCUT2D eigenvalue weighted by Gasteiger charge is -2.39. The molecule has 8 rings (SSSR count). The molecular weight excluding hydrogens is 657 g/mol. The fourth-order valence-corrected chi connectivity index (χ4v) is 8.75. The molecule has 6 nitrogen and oxygen atoms in total. The molecule has 1 saturated carbocycles. The molecule has 0 radical (unpaired) electrons. The van der Waals surface area contributed by atoms with Gasteiger partial charge in [-0.3, -0.25) is 14.4 Å². The molecule has 4 atom stereocenters. The van der Waals surface area contributed by atoms with Crippen molar-refractivity contribution in [2.24, 2.45) is 11.8 Å². The smallest absolute Gasteiger partial charge is 0.337 e. The maximum absolute atomic E-state index is 16.0. The third-order valence-corrected chi connectivity index (χ3v) is 10.7. The Morgan fingerprint density at radius 2 is 1.06 bits per heavy atom. The lowest BCUT2D eigenvalue weighted by Crippen LogP contribution is -2.45. The Labute approximate surface area is 292 Å². The van der Waals surface area contributed by atoms with Crippen LogP contribution in [0.2, 0.25) is 10.0 Å². The minimum atomic E-state index is -1.59. The van der Waals surface area contributed by atoms with E-state index in [1.807, 2.05) is 60.7 Å². The van der Waals surface area contributed by atoms with Crippen LogP contribution in [-0.4, -0.2) is 30.7 Å².